The zero-order valence-electron chi connectivity index (χ0n) is 11.9. The van der Waals surface area contributed by atoms with Crippen LogP contribution in [0.3, 0.4) is 0 Å². The normalized spacial score (nSPS) is 16.2. The molecule has 0 unspecified atom stereocenters. The van der Waals surface area contributed by atoms with Crippen LogP contribution >= 0.6 is 11.9 Å². The van der Waals surface area contributed by atoms with Gasteiger partial charge in [0.2, 0.25) is 0 Å². The lowest BCUT2D eigenvalue weighted by molar-refractivity contribution is 0.380. The van der Waals surface area contributed by atoms with E-state index in [0.717, 1.165) is 11.4 Å². The highest BCUT2D eigenvalue weighted by Gasteiger charge is 2.11. The number of piperidine rings is 1. The van der Waals surface area contributed by atoms with E-state index in [9.17, 15) is 0 Å². The number of nitrogens with zero attached hydrogens (tertiary/aromatic N) is 2. The minimum Gasteiger partial charge on any atom is -0.253 e. The van der Waals surface area contributed by atoms with Gasteiger partial charge >= 0.3 is 0 Å². The average Bonchev–Trinajstić information content (AvgIpc) is 2.49. The SMILES string of the molecule is Cc1cccc(-c2ccc(SN3CCCCC3)cc2)n1. The van der Waals surface area contributed by atoms with E-state index < -0.39 is 0 Å². The molecular formula is C17H20N2S. The molecule has 1 aromatic carbocycles. The lowest BCUT2D eigenvalue weighted by Gasteiger charge is -2.25. The molecule has 1 saturated heterocycles. The molecule has 3 rings (SSSR count). The molecular weight excluding hydrogens is 264 g/mol. The van der Waals surface area contributed by atoms with Crippen molar-refractivity contribution in [2.75, 3.05) is 13.1 Å². The van der Waals surface area contributed by atoms with Gasteiger partial charge < -0.3 is 0 Å². The van der Waals surface area contributed by atoms with Crippen LogP contribution in [0, 0.1) is 6.92 Å². The molecule has 0 spiro atoms. The smallest absolute Gasteiger partial charge is 0.0705 e. The van der Waals surface area contributed by atoms with E-state index in [-0.39, 0.29) is 0 Å². The third-order valence-corrected chi connectivity index (χ3v) is 4.69. The first kappa shape index (κ1) is 13.7. The molecule has 1 fully saturated rings. The lowest BCUT2D eigenvalue weighted by Crippen LogP contribution is -2.22. The van der Waals surface area contributed by atoms with Gasteiger partial charge in [0.1, 0.15) is 0 Å². The topological polar surface area (TPSA) is 16.1 Å². The van der Waals surface area contributed by atoms with E-state index >= 15 is 0 Å². The van der Waals surface area contributed by atoms with Crippen molar-refractivity contribution in [3.8, 4) is 11.3 Å². The van der Waals surface area contributed by atoms with E-state index in [1.165, 1.54) is 42.8 Å². The van der Waals surface area contributed by atoms with Crippen molar-refractivity contribution in [2.24, 2.45) is 0 Å². The fourth-order valence-electron chi connectivity index (χ4n) is 2.50. The number of hydrogen-bond acceptors (Lipinski definition) is 3. The molecule has 0 N–H and O–H groups in total. The van der Waals surface area contributed by atoms with Crippen LogP contribution in [-0.4, -0.2) is 22.4 Å². The van der Waals surface area contributed by atoms with Crippen molar-refractivity contribution >= 4 is 11.9 Å². The second-order valence-electron chi connectivity index (χ2n) is 5.27. The first-order valence-electron chi connectivity index (χ1n) is 7.28. The highest BCUT2D eigenvalue weighted by atomic mass is 32.2. The van der Waals surface area contributed by atoms with Crippen LogP contribution in [0.1, 0.15) is 25.0 Å². The molecule has 0 bridgehead atoms. The van der Waals surface area contributed by atoms with Gasteiger partial charge in [-0.15, -0.1) is 0 Å². The lowest BCUT2D eigenvalue weighted by atomic mass is 10.1. The Labute approximate surface area is 125 Å². The average molecular weight is 284 g/mol. The summed E-state index contributed by atoms with van der Waals surface area (Å²) in [6, 6.07) is 14.9. The molecule has 20 heavy (non-hydrogen) atoms. The molecule has 3 heteroatoms. The molecule has 2 aromatic rings. The summed E-state index contributed by atoms with van der Waals surface area (Å²) in [5.74, 6) is 0. The predicted molar refractivity (Wildman–Crippen MR) is 85.7 cm³/mol. The van der Waals surface area contributed by atoms with Crippen molar-refractivity contribution < 1.29 is 0 Å². The number of pyridine rings is 1. The Morgan fingerprint density at radius 1 is 0.950 bits per heavy atom. The van der Waals surface area contributed by atoms with Crippen LogP contribution in [0.5, 0.6) is 0 Å². The number of aromatic nitrogens is 1. The first-order chi connectivity index (χ1) is 9.81. The second-order valence-corrected chi connectivity index (χ2v) is 6.44. The highest BCUT2D eigenvalue weighted by Crippen LogP contribution is 2.28. The summed E-state index contributed by atoms with van der Waals surface area (Å²) < 4.78 is 2.48. The first-order valence-corrected chi connectivity index (χ1v) is 8.06. The minimum atomic E-state index is 1.06. The van der Waals surface area contributed by atoms with Crippen LogP contribution in [0.4, 0.5) is 0 Å². The molecule has 104 valence electrons. The van der Waals surface area contributed by atoms with Gasteiger partial charge in [-0.25, -0.2) is 4.31 Å². The number of benzene rings is 1. The van der Waals surface area contributed by atoms with Crippen molar-refractivity contribution in [3.63, 3.8) is 0 Å². The van der Waals surface area contributed by atoms with Crippen LogP contribution in [-0.2, 0) is 0 Å². The van der Waals surface area contributed by atoms with Gasteiger partial charge in [0.15, 0.2) is 0 Å². The largest absolute Gasteiger partial charge is 0.253 e. The maximum atomic E-state index is 4.57. The maximum Gasteiger partial charge on any atom is 0.0705 e. The third-order valence-electron chi connectivity index (χ3n) is 3.59. The summed E-state index contributed by atoms with van der Waals surface area (Å²) in [7, 11) is 0. The van der Waals surface area contributed by atoms with Crippen LogP contribution in [0.25, 0.3) is 11.3 Å². The van der Waals surface area contributed by atoms with Gasteiger partial charge in [0, 0.05) is 29.2 Å². The fraction of sp³-hybridized carbons (Fsp3) is 0.353. The van der Waals surface area contributed by atoms with E-state index in [1.54, 1.807) is 0 Å². The number of aryl methyl sites for hydroxylation is 1. The van der Waals surface area contributed by atoms with Gasteiger partial charge in [-0.1, -0.05) is 24.6 Å². The van der Waals surface area contributed by atoms with E-state index in [4.69, 9.17) is 0 Å². The molecule has 0 atom stereocenters. The Balaban J connectivity index is 1.71. The number of rotatable bonds is 3. The third kappa shape index (κ3) is 3.41. The maximum absolute atomic E-state index is 4.57. The van der Waals surface area contributed by atoms with Gasteiger partial charge in [-0.05, 0) is 56.0 Å². The summed E-state index contributed by atoms with van der Waals surface area (Å²) in [6.45, 7) is 4.46. The molecule has 2 heterocycles. The molecule has 1 aromatic heterocycles. The molecule has 1 aliphatic rings. The zero-order valence-corrected chi connectivity index (χ0v) is 12.7. The Hall–Kier alpha value is -1.32. The molecule has 0 radical (unpaired) electrons. The standard InChI is InChI=1S/C17H20N2S/c1-14-6-5-7-17(18-14)15-8-10-16(11-9-15)20-19-12-3-2-4-13-19/h5-11H,2-4,12-13H2,1H3. The van der Waals surface area contributed by atoms with Crippen molar-refractivity contribution in [1.82, 2.24) is 9.29 Å². The number of hydrogen-bond donors (Lipinski definition) is 0. The van der Waals surface area contributed by atoms with E-state index in [2.05, 4.69) is 45.7 Å². The summed E-state index contributed by atoms with van der Waals surface area (Å²) in [6.07, 6.45) is 4.05. The van der Waals surface area contributed by atoms with Crippen molar-refractivity contribution in [1.29, 1.82) is 0 Å². The summed E-state index contributed by atoms with van der Waals surface area (Å²) in [4.78, 5) is 5.89. The van der Waals surface area contributed by atoms with Gasteiger partial charge in [0.25, 0.3) is 0 Å². The van der Waals surface area contributed by atoms with Gasteiger partial charge in [0.05, 0.1) is 5.69 Å². The molecule has 1 aliphatic heterocycles. The molecule has 2 nitrogen and oxygen atoms in total. The second kappa shape index (κ2) is 6.42. The van der Waals surface area contributed by atoms with Crippen LogP contribution in [0.15, 0.2) is 47.4 Å². The van der Waals surface area contributed by atoms with E-state index in [0.29, 0.717) is 0 Å². The predicted octanol–water partition coefficient (Wildman–Crippen LogP) is 4.55. The zero-order chi connectivity index (χ0) is 13.8. The van der Waals surface area contributed by atoms with Crippen LogP contribution in [0.2, 0.25) is 0 Å². The van der Waals surface area contributed by atoms with Crippen molar-refractivity contribution in [3.05, 3.63) is 48.2 Å². The summed E-state index contributed by atoms with van der Waals surface area (Å²) in [5.41, 5.74) is 3.31. The minimum absolute atomic E-state index is 1.06. The van der Waals surface area contributed by atoms with Crippen LogP contribution < -0.4 is 0 Å². The van der Waals surface area contributed by atoms with Crippen molar-refractivity contribution in [2.45, 2.75) is 31.1 Å². The summed E-state index contributed by atoms with van der Waals surface area (Å²) >= 11 is 1.88. The fourth-order valence-corrected chi connectivity index (χ4v) is 3.49. The Morgan fingerprint density at radius 2 is 1.70 bits per heavy atom. The van der Waals surface area contributed by atoms with Gasteiger partial charge in [-0.3, -0.25) is 4.98 Å². The quantitative estimate of drug-likeness (QED) is 0.769. The summed E-state index contributed by atoms with van der Waals surface area (Å²) in [5, 5.41) is 0. The monoisotopic (exact) mass is 284 g/mol. The molecule has 0 aliphatic carbocycles. The highest BCUT2D eigenvalue weighted by molar-refractivity contribution is 7.97. The van der Waals surface area contributed by atoms with E-state index in [1.807, 2.05) is 24.9 Å². The molecule has 0 amide bonds. The Morgan fingerprint density at radius 3 is 2.40 bits per heavy atom. The molecule has 0 saturated carbocycles. The van der Waals surface area contributed by atoms with Gasteiger partial charge in [-0.2, -0.15) is 0 Å². The Kier molecular flexibility index (Phi) is 4.38. The Bertz CT molecular complexity index is 559.